The van der Waals surface area contributed by atoms with E-state index >= 15 is 0 Å². The van der Waals surface area contributed by atoms with Crippen molar-refractivity contribution in [1.82, 2.24) is 10.2 Å². The fourth-order valence-corrected chi connectivity index (χ4v) is 2.68. The van der Waals surface area contributed by atoms with Crippen LogP contribution in [0, 0.1) is 11.8 Å². The Morgan fingerprint density at radius 2 is 2.00 bits per heavy atom. The standard InChI is InChI=1S/C14H30N2/c1-5-7-14(10-15-6-2)16-9-8-12(3)13(4)11-16/h12-15H,5-11H2,1-4H3. The predicted octanol–water partition coefficient (Wildman–Crippen LogP) is 2.74. The Hall–Kier alpha value is -0.0800. The van der Waals surface area contributed by atoms with Crippen LogP contribution in [-0.2, 0) is 0 Å². The molecule has 3 atom stereocenters. The van der Waals surface area contributed by atoms with Crippen LogP contribution >= 0.6 is 0 Å². The van der Waals surface area contributed by atoms with Crippen molar-refractivity contribution in [3.05, 3.63) is 0 Å². The van der Waals surface area contributed by atoms with Crippen LogP contribution in [0.5, 0.6) is 0 Å². The molecule has 2 heteroatoms. The van der Waals surface area contributed by atoms with Gasteiger partial charge >= 0.3 is 0 Å². The van der Waals surface area contributed by atoms with Gasteiger partial charge in [-0.1, -0.05) is 34.1 Å². The maximum absolute atomic E-state index is 3.51. The molecule has 1 heterocycles. The predicted molar refractivity (Wildman–Crippen MR) is 71.8 cm³/mol. The summed E-state index contributed by atoms with van der Waals surface area (Å²) in [4.78, 5) is 2.72. The fourth-order valence-electron chi connectivity index (χ4n) is 2.68. The van der Waals surface area contributed by atoms with Crippen molar-refractivity contribution in [2.75, 3.05) is 26.2 Å². The lowest BCUT2D eigenvalue weighted by Gasteiger charge is -2.40. The van der Waals surface area contributed by atoms with E-state index in [9.17, 15) is 0 Å². The third-order valence-electron chi connectivity index (χ3n) is 4.13. The van der Waals surface area contributed by atoms with Crippen LogP contribution in [0.4, 0.5) is 0 Å². The molecule has 0 aromatic carbocycles. The highest BCUT2D eigenvalue weighted by molar-refractivity contribution is 4.81. The van der Waals surface area contributed by atoms with Crippen molar-refractivity contribution in [2.45, 2.75) is 53.0 Å². The van der Waals surface area contributed by atoms with Crippen molar-refractivity contribution < 1.29 is 0 Å². The van der Waals surface area contributed by atoms with Gasteiger partial charge in [0.1, 0.15) is 0 Å². The molecule has 0 aromatic rings. The normalized spacial score (nSPS) is 29.2. The van der Waals surface area contributed by atoms with Crippen LogP contribution in [0.15, 0.2) is 0 Å². The highest BCUT2D eigenvalue weighted by Crippen LogP contribution is 2.24. The van der Waals surface area contributed by atoms with Crippen molar-refractivity contribution in [1.29, 1.82) is 0 Å². The molecule has 96 valence electrons. The van der Waals surface area contributed by atoms with E-state index in [0.717, 1.165) is 24.4 Å². The number of nitrogens with one attached hydrogen (secondary N) is 1. The average Bonchev–Trinajstić information content (AvgIpc) is 2.28. The Morgan fingerprint density at radius 1 is 1.25 bits per heavy atom. The zero-order valence-corrected chi connectivity index (χ0v) is 11.6. The Balaban J connectivity index is 2.43. The van der Waals surface area contributed by atoms with Crippen molar-refractivity contribution in [2.24, 2.45) is 11.8 Å². The Bertz CT molecular complexity index is 180. The van der Waals surface area contributed by atoms with Crippen LogP contribution in [0.3, 0.4) is 0 Å². The molecule has 0 saturated carbocycles. The molecule has 2 nitrogen and oxygen atoms in total. The molecule has 1 fully saturated rings. The van der Waals surface area contributed by atoms with Gasteiger partial charge in [-0.3, -0.25) is 4.90 Å². The summed E-state index contributed by atoms with van der Waals surface area (Å²) in [6.07, 6.45) is 4.03. The maximum atomic E-state index is 3.51. The van der Waals surface area contributed by atoms with Gasteiger partial charge in [-0.05, 0) is 37.8 Å². The van der Waals surface area contributed by atoms with Gasteiger partial charge in [-0.15, -0.1) is 0 Å². The highest BCUT2D eigenvalue weighted by atomic mass is 15.2. The molecule has 1 N–H and O–H groups in total. The van der Waals surface area contributed by atoms with Gasteiger partial charge < -0.3 is 5.32 Å². The Kier molecular flexibility index (Phi) is 6.37. The first kappa shape index (κ1) is 14.0. The van der Waals surface area contributed by atoms with Gasteiger partial charge in [0.05, 0.1) is 0 Å². The maximum Gasteiger partial charge on any atom is 0.0220 e. The number of likely N-dealkylation sites (N-methyl/N-ethyl adjacent to an activating group) is 1. The number of hydrogen-bond acceptors (Lipinski definition) is 2. The minimum atomic E-state index is 0.764. The average molecular weight is 226 g/mol. The van der Waals surface area contributed by atoms with Crippen molar-refractivity contribution in [3.63, 3.8) is 0 Å². The molecule has 16 heavy (non-hydrogen) atoms. The summed E-state index contributed by atoms with van der Waals surface area (Å²) in [5.41, 5.74) is 0. The van der Waals surface area contributed by atoms with E-state index in [2.05, 4.69) is 37.9 Å². The quantitative estimate of drug-likeness (QED) is 0.749. The highest BCUT2D eigenvalue weighted by Gasteiger charge is 2.26. The van der Waals surface area contributed by atoms with Gasteiger partial charge in [0.25, 0.3) is 0 Å². The van der Waals surface area contributed by atoms with E-state index in [1.54, 1.807) is 0 Å². The van der Waals surface area contributed by atoms with Gasteiger partial charge in [0.2, 0.25) is 0 Å². The van der Waals surface area contributed by atoms with Crippen molar-refractivity contribution in [3.8, 4) is 0 Å². The van der Waals surface area contributed by atoms with E-state index in [1.165, 1.54) is 38.9 Å². The number of rotatable bonds is 6. The lowest BCUT2D eigenvalue weighted by atomic mass is 9.87. The van der Waals surface area contributed by atoms with Crippen LogP contribution in [0.1, 0.15) is 47.0 Å². The largest absolute Gasteiger partial charge is 0.315 e. The Morgan fingerprint density at radius 3 is 2.56 bits per heavy atom. The summed E-state index contributed by atoms with van der Waals surface area (Å²) in [6.45, 7) is 14.2. The monoisotopic (exact) mass is 226 g/mol. The minimum Gasteiger partial charge on any atom is -0.315 e. The zero-order valence-electron chi connectivity index (χ0n) is 11.6. The molecule has 0 bridgehead atoms. The minimum absolute atomic E-state index is 0.764. The summed E-state index contributed by atoms with van der Waals surface area (Å²) in [7, 11) is 0. The van der Waals surface area contributed by atoms with Gasteiger partial charge in [-0.2, -0.15) is 0 Å². The third-order valence-corrected chi connectivity index (χ3v) is 4.13. The van der Waals surface area contributed by atoms with Crippen LogP contribution < -0.4 is 5.32 Å². The molecule has 1 aliphatic heterocycles. The molecule has 1 saturated heterocycles. The van der Waals surface area contributed by atoms with E-state index in [0.29, 0.717) is 0 Å². The molecule has 0 amide bonds. The molecule has 1 aliphatic rings. The molecule has 0 aliphatic carbocycles. The first-order valence-electron chi connectivity index (χ1n) is 7.13. The van der Waals surface area contributed by atoms with Crippen LogP contribution in [0.2, 0.25) is 0 Å². The van der Waals surface area contributed by atoms with Crippen LogP contribution in [0.25, 0.3) is 0 Å². The number of nitrogens with zero attached hydrogens (tertiary/aromatic N) is 1. The summed E-state index contributed by atoms with van der Waals surface area (Å²) in [6, 6.07) is 0.764. The van der Waals surface area contributed by atoms with Gasteiger partial charge in [0.15, 0.2) is 0 Å². The molecule has 0 spiro atoms. The molecule has 0 radical (unpaired) electrons. The molecular weight excluding hydrogens is 196 g/mol. The molecule has 1 rings (SSSR count). The lowest BCUT2D eigenvalue weighted by Crippen LogP contribution is -2.48. The van der Waals surface area contributed by atoms with Gasteiger partial charge in [-0.25, -0.2) is 0 Å². The summed E-state index contributed by atoms with van der Waals surface area (Å²) in [5.74, 6) is 1.78. The summed E-state index contributed by atoms with van der Waals surface area (Å²) >= 11 is 0. The second-order valence-corrected chi connectivity index (χ2v) is 5.49. The Labute approximate surface area is 102 Å². The molecule has 3 unspecified atom stereocenters. The second-order valence-electron chi connectivity index (χ2n) is 5.49. The van der Waals surface area contributed by atoms with E-state index in [-0.39, 0.29) is 0 Å². The lowest BCUT2D eigenvalue weighted by molar-refractivity contribution is 0.0901. The SMILES string of the molecule is CCCC(CNCC)N1CCC(C)C(C)C1. The molecule has 0 aromatic heterocycles. The smallest absolute Gasteiger partial charge is 0.0220 e. The van der Waals surface area contributed by atoms with E-state index < -0.39 is 0 Å². The summed E-state index contributed by atoms with van der Waals surface area (Å²) < 4.78 is 0. The van der Waals surface area contributed by atoms with E-state index in [4.69, 9.17) is 0 Å². The third kappa shape index (κ3) is 4.06. The van der Waals surface area contributed by atoms with Crippen molar-refractivity contribution >= 4 is 0 Å². The fraction of sp³-hybridized carbons (Fsp3) is 1.00. The topological polar surface area (TPSA) is 15.3 Å². The number of likely N-dealkylation sites (tertiary alicyclic amines) is 1. The van der Waals surface area contributed by atoms with E-state index in [1.807, 2.05) is 0 Å². The summed E-state index contributed by atoms with van der Waals surface area (Å²) in [5, 5.41) is 3.51. The zero-order chi connectivity index (χ0) is 12.0. The number of hydrogen-bond donors (Lipinski definition) is 1. The first-order chi connectivity index (χ1) is 7.69. The number of piperidine rings is 1. The molecular formula is C14H30N2. The van der Waals surface area contributed by atoms with Gasteiger partial charge in [0, 0.05) is 19.1 Å². The van der Waals surface area contributed by atoms with Crippen LogP contribution in [-0.4, -0.2) is 37.1 Å². The first-order valence-corrected chi connectivity index (χ1v) is 7.13. The second kappa shape index (κ2) is 7.29.